The Bertz CT molecular complexity index is 608. The molecular formula is C14H17N3O2. The van der Waals surface area contributed by atoms with Gasteiger partial charge in [0.1, 0.15) is 5.69 Å². The molecule has 0 aliphatic heterocycles. The van der Waals surface area contributed by atoms with E-state index < -0.39 is 0 Å². The van der Waals surface area contributed by atoms with Crippen molar-refractivity contribution < 1.29 is 4.74 Å². The Balaban J connectivity index is 2.28. The molecule has 0 aliphatic rings. The summed E-state index contributed by atoms with van der Waals surface area (Å²) in [6.45, 7) is 5.07. The molecule has 2 aromatic rings. The molecule has 100 valence electrons. The lowest BCUT2D eigenvalue weighted by Gasteiger charge is -2.05. The van der Waals surface area contributed by atoms with Gasteiger partial charge in [-0.15, -0.1) is 0 Å². The number of nitrogens with one attached hydrogen (secondary N) is 1. The average molecular weight is 259 g/mol. The normalized spacial score (nSPS) is 10.6. The third-order valence-corrected chi connectivity index (χ3v) is 2.63. The summed E-state index contributed by atoms with van der Waals surface area (Å²) >= 11 is 0. The molecule has 2 heterocycles. The Morgan fingerprint density at radius 1 is 1.32 bits per heavy atom. The number of pyridine rings is 1. The second-order valence-electron chi connectivity index (χ2n) is 4.20. The third-order valence-electron chi connectivity index (χ3n) is 2.63. The Hall–Kier alpha value is -2.01. The fraction of sp³-hybridized carbons (Fsp3) is 0.357. The zero-order chi connectivity index (χ0) is 13.7. The van der Waals surface area contributed by atoms with E-state index in [1.165, 1.54) is 6.07 Å². The minimum Gasteiger partial charge on any atom is -0.381 e. The van der Waals surface area contributed by atoms with Crippen molar-refractivity contribution in [3.05, 3.63) is 46.0 Å². The summed E-state index contributed by atoms with van der Waals surface area (Å²) in [5, 5.41) is 0. The zero-order valence-corrected chi connectivity index (χ0v) is 11.1. The van der Waals surface area contributed by atoms with Crippen molar-refractivity contribution in [2.75, 3.05) is 13.2 Å². The van der Waals surface area contributed by atoms with Crippen molar-refractivity contribution >= 4 is 0 Å². The molecule has 5 nitrogen and oxygen atoms in total. The lowest BCUT2D eigenvalue weighted by molar-refractivity contribution is 0.150. The molecule has 1 N–H and O–H groups in total. The molecule has 0 saturated heterocycles. The second-order valence-corrected chi connectivity index (χ2v) is 4.20. The number of hydrogen-bond donors (Lipinski definition) is 1. The first-order chi connectivity index (χ1) is 9.19. The van der Waals surface area contributed by atoms with Crippen LogP contribution in [0.5, 0.6) is 0 Å². The van der Waals surface area contributed by atoms with E-state index in [9.17, 15) is 4.79 Å². The highest BCUT2D eigenvalue weighted by Crippen LogP contribution is 2.11. The molecule has 2 aromatic heterocycles. The van der Waals surface area contributed by atoms with E-state index >= 15 is 0 Å². The van der Waals surface area contributed by atoms with E-state index in [0.29, 0.717) is 31.2 Å². The number of H-pyrrole nitrogens is 1. The van der Waals surface area contributed by atoms with E-state index in [2.05, 4.69) is 15.0 Å². The van der Waals surface area contributed by atoms with Gasteiger partial charge < -0.3 is 9.72 Å². The molecule has 0 bridgehead atoms. The fourth-order valence-corrected chi connectivity index (χ4v) is 1.75. The van der Waals surface area contributed by atoms with Gasteiger partial charge in [-0.1, -0.05) is 6.07 Å². The lowest BCUT2D eigenvalue weighted by Crippen LogP contribution is -2.12. The first-order valence-electron chi connectivity index (χ1n) is 6.31. The first kappa shape index (κ1) is 13.4. The van der Waals surface area contributed by atoms with Gasteiger partial charge in [-0.25, -0.2) is 9.97 Å². The fourth-order valence-electron chi connectivity index (χ4n) is 1.75. The van der Waals surface area contributed by atoms with Crippen LogP contribution in [0.4, 0.5) is 0 Å². The molecule has 0 aromatic carbocycles. The summed E-state index contributed by atoms with van der Waals surface area (Å²) in [4.78, 5) is 23.1. The van der Waals surface area contributed by atoms with Gasteiger partial charge in [-0.2, -0.15) is 0 Å². The van der Waals surface area contributed by atoms with Crippen LogP contribution >= 0.6 is 0 Å². The molecule has 0 saturated carbocycles. The van der Waals surface area contributed by atoms with Crippen molar-refractivity contribution in [2.45, 2.75) is 20.3 Å². The summed E-state index contributed by atoms with van der Waals surface area (Å²) in [6, 6.07) is 7.13. The second kappa shape index (κ2) is 6.24. The van der Waals surface area contributed by atoms with E-state index in [1.54, 1.807) is 0 Å². The number of ether oxygens (including phenoxy) is 1. The number of hydrogen-bond acceptors (Lipinski definition) is 4. The van der Waals surface area contributed by atoms with E-state index in [0.717, 1.165) is 11.4 Å². The van der Waals surface area contributed by atoms with Crippen LogP contribution in [0, 0.1) is 6.92 Å². The van der Waals surface area contributed by atoms with Crippen LogP contribution < -0.4 is 5.56 Å². The minimum atomic E-state index is -0.167. The smallest absolute Gasteiger partial charge is 0.251 e. The maximum atomic E-state index is 11.6. The topological polar surface area (TPSA) is 67.9 Å². The van der Waals surface area contributed by atoms with Gasteiger partial charge in [0.2, 0.25) is 0 Å². The Kier molecular flexibility index (Phi) is 4.41. The van der Waals surface area contributed by atoms with Crippen LogP contribution in [0.3, 0.4) is 0 Å². The zero-order valence-electron chi connectivity index (χ0n) is 11.1. The standard InChI is InChI=1S/C14H17N3O2/c1-3-19-8-7-11-9-13(18)17-14(16-11)12-6-4-5-10(2)15-12/h4-6,9H,3,7-8H2,1-2H3,(H,16,17,18). The van der Waals surface area contributed by atoms with Crippen molar-refractivity contribution in [2.24, 2.45) is 0 Å². The molecule has 0 amide bonds. The molecule has 2 rings (SSSR count). The molecule has 0 unspecified atom stereocenters. The molecule has 0 spiro atoms. The van der Waals surface area contributed by atoms with Gasteiger partial charge in [0.05, 0.1) is 12.3 Å². The van der Waals surface area contributed by atoms with E-state index in [4.69, 9.17) is 4.74 Å². The summed E-state index contributed by atoms with van der Waals surface area (Å²) in [6.07, 6.45) is 0.622. The Labute approximate surface area is 111 Å². The molecular weight excluding hydrogens is 242 g/mol. The van der Waals surface area contributed by atoms with Crippen LogP contribution in [-0.4, -0.2) is 28.2 Å². The predicted molar refractivity (Wildman–Crippen MR) is 73.0 cm³/mol. The Morgan fingerprint density at radius 3 is 2.89 bits per heavy atom. The maximum absolute atomic E-state index is 11.6. The van der Waals surface area contributed by atoms with Crippen molar-refractivity contribution in [1.29, 1.82) is 0 Å². The van der Waals surface area contributed by atoms with Gasteiger partial charge >= 0.3 is 0 Å². The Morgan fingerprint density at radius 2 is 2.16 bits per heavy atom. The van der Waals surface area contributed by atoms with Gasteiger partial charge in [-0.3, -0.25) is 4.79 Å². The van der Waals surface area contributed by atoms with Crippen molar-refractivity contribution in [1.82, 2.24) is 15.0 Å². The summed E-state index contributed by atoms with van der Waals surface area (Å²) in [7, 11) is 0. The maximum Gasteiger partial charge on any atom is 0.251 e. The molecule has 19 heavy (non-hydrogen) atoms. The third kappa shape index (κ3) is 3.72. The van der Waals surface area contributed by atoms with E-state index in [1.807, 2.05) is 32.0 Å². The number of aromatic amines is 1. The largest absolute Gasteiger partial charge is 0.381 e. The number of aromatic nitrogens is 3. The van der Waals surface area contributed by atoms with Gasteiger partial charge in [0.25, 0.3) is 5.56 Å². The highest BCUT2D eigenvalue weighted by Gasteiger charge is 2.05. The van der Waals surface area contributed by atoms with E-state index in [-0.39, 0.29) is 5.56 Å². The van der Waals surface area contributed by atoms with Gasteiger partial charge in [0.15, 0.2) is 5.82 Å². The van der Waals surface area contributed by atoms with Crippen LogP contribution in [0.1, 0.15) is 18.3 Å². The summed E-state index contributed by atoms with van der Waals surface area (Å²) in [5.74, 6) is 0.502. The highest BCUT2D eigenvalue weighted by molar-refractivity contribution is 5.48. The van der Waals surface area contributed by atoms with Crippen molar-refractivity contribution in [3.63, 3.8) is 0 Å². The minimum absolute atomic E-state index is 0.167. The number of nitrogens with zero attached hydrogens (tertiary/aromatic N) is 2. The molecule has 0 fully saturated rings. The molecule has 0 radical (unpaired) electrons. The number of rotatable bonds is 5. The molecule has 5 heteroatoms. The molecule has 0 aliphatic carbocycles. The highest BCUT2D eigenvalue weighted by atomic mass is 16.5. The lowest BCUT2D eigenvalue weighted by atomic mass is 10.2. The van der Waals surface area contributed by atoms with Crippen molar-refractivity contribution in [3.8, 4) is 11.5 Å². The average Bonchev–Trinajstić information content (AvgIpc) is 2.38. The van der Waals surface area contributed by atoms with Crippen LogP contribution in [-0.2, 0) is 11.2 Å². The van der Waals surface area contributed by atoms with Crippen LogP contribution in [0.2, 0.25) is 0 Å². The monoisotopic (exact) mass is 259 g/mol. The predicted octanol–water partition coefficient (Wildman–Crippen LogP) is 1.72. The molecule has 0 atom stereocenters. The van der Waals surface area contributed by atoms with Crippen LogP contribution in [0.25, 0.3) is 11.5 Å². The van der Waals surface area contributed by atoms with Gasteiger partial charge in [0, 0.05) is 24.8 Å². The number of aryl methyl sites for hydroxylation is 1. The summed E-state index contributed by atoms with van der Waals surface area (Å²) in [5.41, 5.74) is 2.12. The first-order valence-corrected chi connectivity index (χ1v) is 6.31. The SMILES string of the molecule is CCOCCc1cc(=O)[nH]c(-c2cccc(C)n2)n1. The summed E-state index contributed by atoms with van der Waals surface area (Å²) < 4.78 is 5.27. The quantitative estimate of drug-likeness (QED) is 0.830. The van der Waals surface area contributed by atoms with Gasteiger partial charge in [-0.05, 0) is 26.0 Å². The van der Waals surface area contributed by atoms with Crippen LogP contribution in [0.15, 0.2) is 29.1 Å².